The third-order valence-corrected chi connectivity index (χ3v) is 1.79. The Morgan fingerprint density at radius 1 is 1.15 bits per heavy atom. The van der Waals surface area contributed by atoms with Crippen LogP contribution in [0, 0.1) is 0 Å². The number of hydrogen-bond acceptors (Lipinski definition) is 2. The second kappa shape index (κ2) is 3.35. The standard InChI is InChI=1S/C11H10N2/c1-9-12-8-11(13-9)7-10-5-3-2-4-6-10/h2-8H,1H3. The van der Waals surface area contributed by atoms with E-state index in [9.17, 15) is 0 Å². The van der Waals surface area contributed by atoms with Crippen LogP contribution in [0.2, 0.25) is 0 Å². The number of benzene rings is 1. The van der Waals surface area contributed by atoms with Crippen LogP contribution in [0.5, 0.6) is 0 Å². The molecule has 2 rings (SSSR count). The van der Waals surface area contributed by atoms with E-state index in [1.54, 1.807) is 6.21 Å². The van der Waals surface area contributed by atoms with Gasteiger partial charge in [-0.2, -0.15) is 0 Å². The molecule has 0 fully saturated rings. The summed E-state index contributed by atoms with van der Waals surface area (Å²) in [6.07, 6.45) is 3.79. The van der Waals surface area contributed by atoms with Crippen LogP contribution in [0.4, 0.5) is 0 Å². The summed E-state index contributed by atoms with van der Waals surface area (Å²) in [5, 5.41) is 0. The number of aliphatic imine (C=N–C) groups is 2. The van der Waals surface area contributed by atoms with Crippen LogP contribution in [-0.4, -0.2) is 12.1 Å². The molecule has 13 heavy (non-hydrogen) atoms. The largest absolute Gasteiger partial charge is 0.239 e. The van der Waals surface area contributed by atoms with Crippen molar-refractivity contribution in [1.82, 2.24) is 0 Å². The lowest BCUT2D eigenvalue weighted by molar-refractivity contribution is 1.49. The summed E-state index contributed by atoms with van der Waals surface area (Å²) in [5.74, 6) is 0.821. The van der Waals surface area contributed by atoms with E-state index in [1.807, 2.05) is 43.3 Å². The first-order valence-electron chi connectivity index (χ1n) is 4.21. The molecule has 2 heteroatoms. The van der Waals surface area contributed by atoms with Crippen molar-refractivity contribution in [3.05, 3.63) is 41.6 Å². The zero-order valence-corrected chi connectivity index (χ0v) is 7.44. The van der Waals surface area contributed by atoms with E-state index in [0.29, 0.717) is 0 Å². The minimum Gasteiger partial charge on any atom is -0.239 e. The van der Waals surface area contributed by atoms with Crippen molar-refractivity contribution < 1.29 is 0 Å². The molecule has 0 saturated carbocycles. The van der Waals surface area contributed by atoms with Gasteiger partial charge in [-0.1, -0.05) is 30.3 Å². The van der Waals surface area contributed by atoms with Gasteiger partial charge in [-0.05, 0) is 18.6 Å². The molecule has 0 unspecified atom stereocenters. The molecular formula is C11H10N2. The monoisotopic (exact) mass is 170 g/mol. The molecule has 2 nitrogen and oxygen atoms in total. The molecule has 0 bridgehead atoms. The fourth-order valence-electron chi connectivity index (χ4n) is 1.19. The highest BCUT2D eigenvalue weighted by atomic mass is 15.0. The molecule has 0 saturated heterocycles. The summed E-state index contributed by atoms with van der Waals surface area (Å²) in [5.41, 5.74) is 2.08. The van der Waals surface area contributed by atoms with Crippen LogP contribution in [0.25, 0.3) is 6.08 Å². The maximum Gasteiger partial charge on any atom is 0.126 e. The SMILES string of the molecule is CC1=NC(=Cc2ccccc2)C=N1. The summed E-state index contributed by atoms with van der Waals surface area (Å²) in [4.78, 5) is 8.31. The fraction of sp³-hybridized carbons (Fsp3) is 0.0909. The first kappa shape index (κ1) is 7.92. The van der Waals surface area contributed by atoms with Crippen LogP contribution < -0.4 is 0 Å². The lowest BCUT2D eigenvalue weighted by Crippen LogP contribution is -1.76. The van der Waals surface area contributed by atoms with E-state index >= 15 is 0 Å². The highest BCUT2D eigenvalue weighted by molar-refractivity contribution is 6.02. The molecule has 0 aromatic heterocycles. The van der Waals surface area contributed by atoms with E-state index in [-0.39, 0.29) is 0 Å². The lowest BCUT2D eigenvalue weighted by atomic mass is 10.2. The molecular weight excluding hydrogens is 160 g/mol. The Morgan fingerprint density at radius 3 is 2.54 bits per heavy atom. The van der Waals surface area contributed by atoms with Gasteiger partial charge in [0.15, 0.2) is 0 Å². The van der Waals surface area contributed by atoms with E-state index in [0.717, 1.165) is 17.1 Å². The number of nitrogens with zero attached hydrogens (tertiary/aromatic N) is 2. The van der Waals surface area contributed by atoms with Gasteiger partial charge >= 0.3 is 0 Å². The van der Waals surface area contributed by atoms with Gasteiger partial charge in [-0.3, -0.25) is 0 Å². The molecule has 0 atom stereocenters. The van der Waals surface area contributed by atoms with E-state index in [1.165, 1.54) is 0 Å². The summed E-state index contributed by atoms with van der Waals surface area (Å²) in [6, 6.07) is 10.1. The van der Waals surface area contributed by atoms with Crippen molar-refractivity contribution in [3.8, 4) is 0 Å². The zero-order chi connectivity index (χ0) is 9.10. The van der Waals surface area contributed by atoms with Crippen molar-refractivity contribution in [2.45, 2.75) is 6.92 Å². The third kappa shape index (κ3) is 1.90. The Bertz CT molecular complexity index is 386. The van der Waals surface area contributed by atoms with Gasteiger partial charge in [0.05, 0.1) is 11.9 Å². The summed E-state index contributed by atoms with van der Waals surface area (Å²) in [7, 11) is 0. The van der Waals surface area contributed by atoms with Crippen molar-refractivity contribution in [2.24, 2.45) is 9.98 Å². The van der Waals surface area contributed by atoms with Crippen molar-refractivity contribution in [3.63, 3.8) is 0 Å². The van der Waals surface area contributed by atoms with Crippen LogP contribution in [-0.2, 0) is 0 Å². The Kier molecular flexibility index (Phi) is 2.04. The molecule has 0 N–H and O–H groups in total. The van der Waals surface area contributed by atoms with Crippen LogP contribution in [0.1, 0.15) is 12.5 Å². The second-order valence-corrected chi connectivity index (χ2v) is 2.90. The van der Waals surface area contributed by atoms with Gasteiger partial charge in [0.2, 0.25) is 0 Å². The highest BCUT2D eigenvalue weighted by Gasteiger charge is 1.99. The topological polar surface area (TPSA) is 24.7 Å². The van der Waals surface area contributed by atoms with Crippen LogP contribution in [0.3, 0.4) is 0 Å². The maximum absolute atomic E-state index is 4.24. The third-order valence-electron chi connectivity index (χ3n) is 1.79. The molecule has 1 heterocycles. The number of allylic oxidation sites excluding steroid dienone is 1. The molecule has 0 spiro atoms. The van der Waals surface area contributed by atoms with Crippen LogP contribution >= 0.6 is 0 Å². The maximum atomic E-state index is 4.24. The number of rotatable bonds is 1. The van der Waals surface area contributed by atoms with Gasteiger partial charge in [0.1, 0.15) is 5.84 Å². The van der Waals surface area contributed by atoms with Gasteiger partial charge in [-0.25, -0.2) is 9.98 Å². The normalized spacial score (nSPS) is 17.9. The fourth-order valence-corrected chi connectivity index (χ4v) is 1.19. The molecule has 0 amide bonds. The molecule has 0 aliphatic carbocycles. The average Bonchev–Trinajstić information content (AvgIpc) is 2.53. The first-order chi connectivity index (χ1) is 6.34. The Balaban J connectivity index is 2.28. The number of hydrogen-bond donors (Lipinski definition) is 0. The highest BCUT2D eigenvalue weighted by Crippen LogP contribution is 2.09. The predicted octanol–water partition coefficient (Wildman–Crippen LogP) is 2.53. The molecule has 1 aromatic carbocycles. The molecule has 64 valence electrons. The van der Waals surface area contributed by atoms with Gasteiger partial charge in [-0.15, -0.1) is 0 Å². The van der Waals surface area contributed by atoms with E-state index < -0.39 is 0 Å². The van der Waals surface area contributed by atoms with Gasteiger partial charge < -0.3 is 0 Å². The first-order valence-corrected chi connectivity index (χ1v) is 4.21. The molecule has 1 aromatic rings. The summed E-state index contributed by atoms with van der Waals surface area (Å²) < 4.78 is 0. The Hall–Kier alpha value is -1.70. The summed E-state index contributed by atoms with van der Waals surface area (Å²) >= 11 is 0. The predicted molar refractivity (Wildman–Crippen MR) is 56.0 cm³/mol. The van der Waals surface area contributed by atoms with Crippen LogP contribution in [0.15, 0.2) is 46.0 Å². The smallest absolute Gasteiger partial charge is 0.126 e. The minimum absolute atomic E-state index is 0.821. The van der Waals surface area contributed by atoms with E-state index in [4.69, 9.17) is 0 Å². The Morgan fingerprint density at radius 2 is 1.92 bits per heavy atom. The second-order valence-electron chi connectivity index (χ2n) is 2.90. The van der Waals surface area contributed by atoms with Crippen molar-refractivity contribution in [1.29, 1.82) is 0 Å². The summed E-state index contributed by atoms with van der Waals surface area (Å²) in [6.45, 7) is 1.89. The molecule has 0 radical (unpaired) electrons. The average molecular weight is 170 g/mol. The Labute approximate surface area is 77.4 Å². The minimum atomic E-state index is 0.821. The van der Waals surface area contributed by atoms with Gasteiger partial charge in [0, 0.05) is 0 Å². The number of amidine groups is 1. The van der Waals surface area contributed by atoms with Crippen molar-refractivity contribution >= 4 is 18.1 Å². The lowest BCUT2D eigenvalue weighted by Gasteiger charge is -1.91. The van der Waals surface area contributed by atoms with Crippen molar-refractivity contribution in [2.75, 3.05) is 0 Å². The zero-order valence-electron chi connectivity index (χ0n) is 7.44. The molecule has 1 aliphatic heterocycles. The van der Waals surface area contributed by atoms with E-state index in [2.05, 4.69) is 9.98 Å². The quantitative estimate of drug-likeness (QED) is 0.618. The van der Waals surface area contributed by atoms with Gasteiger partial charge in [0.25, 0.3) is 0 Å². The molecule has 1 aliphatic rings.